The van der Waals surface area contributed by atoms with Gasteiger partial charge >= 0.3 is 0 Å². The van der Waals surface area contributed by atoms with Gasteiger partial charge in [-0.15, -0.1) is 0 Å². The number of benzene rings is 1. The van der Waals surface area contributed by atoms with Gasteiger partial charge in [0.2, 0.25) is 5.91 Å². The van der Waals surface area contributed by atoms with Crippen molar-refractivity contribution < 1.29 is 18.3 Å². The lowest BCUT2D eigenvalue weighted by atomic mass is 9.86. The number of piperazine rings is 1. The van der Waals surface area contributed by atoms with Gasteiger partial charge < -0.3 is 10.1 Å². The maximum Gasteiger partial charge on any atom is 0.220 e. The number of methoxy groups -OCH3 is 1. The van der Waals surface area contributed by atoms with Gasteiger partial charge in [0.15, 0.2) is 0 Å². The van der Waals surface area contributed by atoms with Crippen molar-refractivity contribution in [3.8, 4) is 5.75 Å². The van der Waals surface area contributed by atoms with E-state index in [1.165, 1.54) is 19.2 Å². The number of hydrogen-bond acceptors (Lipinski definition) is 4. The summed E-state index contributed by atoms with van der Waals surface area (Å²) in [6, 6.07) is 2.44. The average Bonchev–Trinajstić information content (AvgIpc) is 2.76. The molecule has 3 rings (SSSR count). The SMILES string of the molecule is COc1cc(F)c(CN2CCN(C)[C@@]3(CCNC(=O)CC3)C2)c(F)c1. The van der Waals surface area contributed by atoms with Crippen LogP contribution in [0.15, 0.2) is 12.1 Å². The first-order valence-corrected chi connectivity index (χ1v) is 8.66. The summed E-state index contributed by atoms with van der Waals surface area (Å²) in [6.45, 7) is 3.11. The van der Waals surface area contributed by atoms with E-state index in [0.717, 1.165) is 25.9 Å². The standard InChI is InChI=1S/C18H25F2N3O2/c1-22-7-8-23(12-18(22)4-3-17(24)21-6-5-18)11-14-15(19)9-13(25-2)10-16(14)20/h9-10H,3-8,11-12H2,1-2H3,(H,21,24)/t18-/m0/s1. The summed E-state index contributed by atoms with van der Waals surface area (Å²) in [7, 11) is 3.46. The monoisotopic (exact) mass is 353 g/mol. The summed E-state index contributed by atoms with van der Waals surface area (Å²) in [6.07, 6.45) is 2.10. The van der Waals surface area contributed by atoms with Crippen LogP contribution in [0.1, 0.15) is 24.8 Å². The van der Waals surface area contributed by atoms with Gasteiger partial charge in [-0.3, -0.25) is 14.6 Å². The molecule has 1 atom stereocenters. The Hall–Kier alpha value is -1.73. The number of rotatable bonds is 3. The Labute approximate surface area is 146 Å². The molecule has 2 aliphatic rings. The molecule has 5 nitrogen and oxygen atoms in total. The van der Waals surface area contributed by atoms with E-state index >= 15 is 0 Å². The predicted molar refractivity (Wildman–Crippen MR) is 90.4 cm³/mol. The van der Waals surface area contributed by atoms with Crippen molar-refractivity contribution >= 4 is 5.91 Å². The highest BCUT2D eigenvalue weighted by Gasteiger charge is 2.41. The molecule has 0 aliphatic carbocycles. The molecule has 0 bridgehead atoms. The number of hydrogen-bond donors (Lipinski definition) is 1. The summed E-state index contributed by atoms with van der Waals surface area (Å²) in [5.74, 6) is -0.901. The maximum atomic E-state index is 14.3. The summed E-state index contributed by atoms with van der Waals surface area (Å²) >= 11 is 0. The second-order valence-corrected chi connectivity index (χ2v) is 7.03. The second kappa shape index (κ2) is 7.25. The molecule has 1 aromatic carbocycles. The number of ether oxygens (including phenoxy) is 1. The Morgan fingerprint density at radius 2 is 1.96 bits per heavy atom. The first-order chi connectivity index (χ1) is 11.9. The number of amides is 1. The Morgan fingerprint density at radius 3 is 2.64 bits per heavy atom. The van der Waals surface area contributed by atoms with Crippen molar-refractivity contribution in [2.45, 2.75) is 31.3 Å². The first-order valence-electron chi connectivity index (χ1n) is 8.66. The Balaban J connectivity index is 1.77. The molecule has 1 aromatic rings. The number of nitrogens with zero attached hydrogens (tertiary/aromatic N) is 2. The molecule has 1 N–H and O–H groups in total. The number of carbonyl (C=O) groups is 1. The van der Waals surface area contributed by atoms with Gasteiger partial charge in [-0.2, -0.15) is 0 Å². The van der Waals surface area contributed by atoms with Crippen molar-refractivity contribution in [3.05, 3.63) is 29.3 Å². The van der Waals surface area contributed by atoms with E-state index in [4.69, 9.17) is 4.74 Å². The smallest absolute Gasteiger partial charge is 0.220 e. The third kappa shape index (κ3) is 3.77. The van der Waals surface area contributed by atoms with Crippen LogP contribution < -0.4 is 10.1 Å². The lowest BCUT2D eigenvalue weighted by Crippen LogP contribution is -2.60. The minimum absolute atomic E-state index is 0.0725. The Bertz CT molecular complexity index is 632. The second-order valence-electron chi connectivity index (χ2n) is 7.03. The van der Waals surface area contributed by atoms with Gasteiger partial charge in [0.05, 0.1) is 7.11 Å². The van der Waals surface area contributed by atoms with Gasteiger partial charge in [0, 0.05) is 62.4 Å². The molecule has 2 fully saturated rings. The maximum absolute atomic E-state index is 14.3. The predicted octanol–water partition coefficient (Wildman–Crippen LogP) is 1.76. The third-order valence-corrected chi connectivity index (χ3v) is 5.54. The molecule has 0 radical (unpaired) electrons. The quantitative estimate of drug-likeness (QED) is 0.899. The summed E-state index contributed by atoms with van der Waals surface area (Å²) in [5, 5.41) is 2.91. The van der Waals surface area contributed by atoms with E-state index in [1.54, 1.807) is 0 Å². The summed E-state index contributed by atoms with van der Waals surface area (Å²) in [4.78, 5) is 16.1. The van der Waals surface area contributed by atoms with Gasteiger partial charge in [-0.1, -0.05) is 0 Å². The molecule has 138 valence electrons. The number of likely N-dealkylation sites (N-methyl/N-ethyl adjacent to an activating group) is 1. The molecule has 2 aliphatic heterocycles. The number of halogens is 2. The van der Waals surface area contributed by atoms with Crippen LogP contribution in [0.2, 0.25) is 0 Å². The zero-order valence-electron chi connectivity index (χ0n) is 14.8. The van der Waals surface area contributed by atoms with Gasteiger partial charge in [0.25, 0.3) is 0 Å². The van der Waals surface area contributed by atoms with E-state index in [1.807, 2.05) is 0 Å². The van der Waals surface area contributed by atoms with Crippen molar-refractivity contribution in [1.82, 2.24) is 15.1 Å². The van der Waals surface area contributed by atoms with Crippen molar-refractivity contribution in [2.75, 3.05) is 40.3 Å². The minimum Gasteiger partial charge on any atom is -0.497 e. The lowest BCUT2D eigenvalue weighted by molar-refractivity contribution is -0.121. The topological polar surface area (TPSA) is 44.8 Å². The fraction of sp³-hybridized carbons (Fsp3) is 0.611. The van der Waals surface area contributed by atoms with Crippen LogP contribution >= 0.6 is 0 Å². The van der Waals surface area contributed by atoms with Gasteiger partial charge in [-0.25, -0.2) is 8.78 Å². The van der Waals surface area contributed by atoms with Crippen LogP contribution in [0.25, 0.3) is 0 Å². The van der Waals surface area contributed by atoms with Crippen LogP contribution in [0, 0.1) is 11.6 Å². The van der Waals surface area contributed by atoms with E-state index in [2.05, 4.69) is 22.2 Å². The zero-order chi connectivity index (χ0) is 18.0. The van der Waals surface area contributed by atoms with Gasteiger partial charge in [0.1, 0.15) is 17.4 Å². The minimum atomic E-state index is -0.581. The van der Waals surface area contributed by atoms with Crippen LogP contribution in [-0.2, 0) is 11.3 Å². The summed E-state index contributed by atoms with van der Waals surface area (Å²) < 4.78 is 33.4. The van der Waals surface area contributed by atoms with E-state index in [-0.39, 0.29) is 29.3 Å². The molecule has 1 amide bonds. The van der Waals surface area contributed by atoms with Crippen molar-refractivity contribution in [3.63, 3.8) is 0 Å². The highest BCUT2D eigenvalue weighted by atomic mass is 19.1. The number of nitrogens with one attached hydrogen (secondary N) is 1. The summed E-state index contributed by atoms with van der Waals surface area (Å²) in [5.41, 5.74) is -0.0556. The largest absolute Gasteiger partial charge is 0.497 e. The van der Waals surface area contributed by atoms with E-state index in [9.17, 15) is 13.6 Å². The van der Waals surface area contributed by atoms with Crippen molar-refractivity contribution in [1.29, 1.82) is 0 Å². The lowest BCUT2D eigenvalue weighted by Gasteiger charge is -2.49. The molecule has 25 heavy (non-hydrogen) atoms. The molecular formula is C18H25F2N3O2. The van der Waals surface area contributed by atoms with Gasteiger partial charge in [-0.05, 0) is 19.9 Å². The fourth-order valence-corrected chi connectivity index (χ4v) is 3.89. The van der Waals surface area contributed by atoms with E-state index < -0.39 is 11.6 Å². The van der Waals surface area contributed by atoms with Crippen LogP contribution in [0.4, 0.5) is 8.78 Å². The molecule has 7 heteroatoms. The Morgan fingerprint density at radius 1 is 1.24 bits per heavy atom. The molecule has 2 saturated heterocycles. The van der Waals surface area contributed by atoms with Crippen LogP contribution in [-0.4, -0.2) is 61.6 Å². The Kier molecular flexibility index (Phi) is 5.24. The van der Waals surface area contributed by atoms with Crippen molar-refractivity contribution in [2.24, 2.45) is 0 Å². The van der Waals surface area contributed by atoms with E-state index in [0.29, 0.717) is 19.5 Å². The zero-order valence-corrected chi connectivity index (χ0v) is 14.8. The highest BCUT2D eigenvalue weighted by Crippen LogP contribution is 2.32. The molecular weight excluding hydrogens is 328 g/mol. The molecule has 2 heterocycles. The molecule has 0 aromatic heterocycles. The molecule has 0 unspecified atom stereocenters. The first kappa shape index (κ1) is 18.1. The molecule has 0 saturated carbocycles. The fourth-order valence-electron chi connectivity index (χ4n) is 3.89. The molecule has 1 spiro atoms. The normalized spacial score (nSPS) is 25.7. The highest BCUT2D eigenvalue weighted by molar-refractivity contribution is 5.76. The van der Waals surface area contributed by atoms with Crippen LogP contribution in [0.3, 0.4) is 0 Å². The average molecular weight is 353 g/mol. The number of carbonyl (C=O) groups excluding carboxylic acids is 1. The third-order valence-electron chi connectivity index (χ3n) is 5.54. The van der Waals surface area contributed by atoms with Crippen LogP contribution in [0.5, 0.6) is 5.75 Å².